The molecule has 2 heterocycles. The minimum atomic E-state index is 0.265. The van der Waals surface area contributed by atoms with Crippen LogP contribution >= 0.6 is 0 Å². The highest BCUT2D eigenvalue weighted by Crippen LogP contribution is 2.37. The van der Waals surface area contributed by atoms with Crippen molar-refractivity contribution in [1.82, 2.24) is 19.9 Å². The molecule has 2 aromatic rings. The first-order valence-corrected chi connectivity index (χ1v) is 10.2. The van der Waals surface area contributed by atoms with Crippen LogP contribution in [0.5, 0.6) is 0 Å². The summed E-state index contributed by atoms with van der Waals surface area (Å²) in [6.45, 7) is 3.56. The first-order valence-electron chi connectivity index (χ1n) is 10.2. The van der Waals surface area contributed by atoms with E-state index in [1.54, 1.807) is 0 Å². The number of nitrogens with zero attached hydrogens (tertiary/aromatic N) is 4. The summed E-state index contributed by atoms with van der Waals surface area (Å²) >= 11 is 0. The number of fused-ring (bicyclic) bond motifs is 1. The molecule has 2 fully saturated rings. The van der Waals surface area contributed by atoms with Gasteiger partial charge in [0, 0.05) is 25.6 Å². The van der Waals surface area contributed by atoms with Gasteiger partial charge in [-0.25, -0.2) is 4.68 Å². The smallest absolute Gasteiger partial charge is 0.105 e. The highest BCUT2D eigenvalue weighted by atomic mass is 16.5. The molecule has 5 heteroatoms. The molecule has 1 aromatic heterocycles. The Morgan fingerprint density at radius 2 is 1.92 bits per heavy atom. The van der Waals surface area contributed by atoms with Crippen molar-refractivity contribution in [2.75, 3.05) is 13.2 Å². The van der Waals surface area contributed by atoms with Crippen LogP contribution in [0.2, 0.25) is 0 Å². The molecule has 5 rings (SSSR count). The lowest BCUT2D eigenvalue weighted by Crippen LogP contribution is -2.47. The molecule has 2 saturated carbocycles. The fraction of sp³-hybridized carbons (Fsp3) is 0.619. The standard InChI is InChI=1S/C21H28N4O/c1-2-5-17(6-3-1)14-26-15-20-21-19(11-12-24(20)18-7-4-8-18)25(23-22-21)13-16-9-10-16/h1-3,5-6,16,18,20H,4,7-15H2. The van der Waals surface area contributed by atoms with E-state index in [1.807, 2.05) is 6.07 Å². The third kappa shape index (κ3) is 3.30. The van der Waals surface area contributed by atoms with Crippen LogP contribution < -0.4 is 0 Å². The molecule has 1 unspecified atom stereocenters. The Morgan fingerprint density at radius 3 is 2.65 bits per heavy atom. The number of hydrogen-bond acceptors (Lipinski definition) is 4. The maximum Gasteiger partial charge on any atom is 0.105 e. The average molecular weight is 352 g/mol. The Hall–Kier alpha value is -1.72. The normalized spacial score (nSPS) is 23.6. The minimum absolute atomic E-state index is 0.265. The van der Waals surface area contributed by atoms with Gasteiger partial charge in [0.15, 0.2) is 0 Å². The molecule has 26 heavy (non-hydrogen) atoms. The molecular weight excluding hydrogens is 324 g/mol. The lowest BCUT2D eigenvalue weighted by Gasteiger charge is -2.44. The SMILES string of the molecule is c1ccc(COCC2c3nnn(CC4CC4)c3CCN2C2CCC2)cc1. The van der Waals surface area contributed by atoms with E-state index in [2.05, 4.69) is 44.2 Å². The first-order chi connectivity index (χ1) is 12.9. The Labute approximate surface area is 155 Å². The van der Waals surface area contributed by atoms with E-state index >= 15 is 0 Å². The number of rotatable bonds is 7. The van der Waals surface area contributed by atoms with Gasteiger partial charge in [0.25, 0.3) is 0 Å². The van der Waals surface area contributed by atoms with Crippen molar-refractivity contribution in [3.63, 3.8) is 0 Å². The second-order valence-electron chi connectivity index (χ2n) is 8.14. The lowest BCUT2D eigenvalue weighted by molar-refractivity contribution is 0.00199. The topological polar surface area (TPSA) is 43.2 Å². The summed E-state index contributed by atoms with van der Waals surface area (Å²) in [5.41, 5.74) is 3.77. The molecule has 0 spiro atoms. The summed E-state index contributed by atoms with van der Waals surface area (Å²) in [5.74, 6) is 0.832. The van der Waals surface area contributed by atoms with Crippen LogP contribution in [0.1, 0.15) is 55.1 Å². The fourth-order valence-electron chi connectivity index (χ4n) is 4.29. The molecule has 0 amide bonds. The van der Waals surface area contributed by atoms with E-state index in [1.165, 1.54) is 49.1 Å². The molecule has 2 aliphatic carbocycles. The molecule has 138 valence electrons. The summed E-state index contributed by atoms with van der Waals surface area (Å²) in [7, 11) is 0. The van der Waals surface area contributed by atoms with Gasteiger partial charge in [-0.1, -0.05) is 42.0 Å². The molecule has 1 aromatic carbocycles. The van der Waals surface area contributed by atoms with E-state index in [0.717, 1.165) is 25.4 Å². The van der Waals surface area contributed by atoms with Crippen molar-refractivity contribution in [2.45, 2.75) is 63.8 Å². The van der Waals surface area contributed by atoms with Crippen LogP contribution in [-0.4, -0.2) is 39.1 Å². The van der Waals surface area contributed by atoms with Gasteiger partial charge < -0.3 is 4.74 Å². The lowest BCUT2D eigenvalue weighted by atomic mass is 9.88. The van der Waals surface area contributed by atoms with Crippen molar-refractivity contribution in [1.29, 1.82) is 0 Å². The molecular formula is C21H28N4O. The second-order valence-corrected chi connectivity index (χ2v) is 8.14. The molecule has 0 radical (unpaired) electrons. The molecule has 0 saturated heterocycles. The van der Waals surface area contributed by atoms with Gasteiger partial charge in [-0.15, -0.1) is 5.10 Å². The summed E-state index contributed by atoms with van der Waals surface area (Å²) in [4.78, 5) is 2.65. The third-order valence-electron chi connectivity index (χ3n) is 6.25. The van der Waals surface area contributed by atoms with Crippen LogP contribution in [0.25, 0.3) is 0 Å². The van der Waals surface area contributed by atoms with Gasteiger partial charge >= 0.3 is 0 Å². The number of hydrogen-bond donors (Lipinski definition) is 0. The van der Waals surface area contributed by atoms with Crippen LogP contribution in [0.4, 0.5) is 0 Å². The van der Waals surface area contributed by atoms with Gasteiger partial charge in [0.1, 0.15) is 5.69 Å². The summed E-state index contributed by atoms with van der Waals surface area (Å²) < 4.78 is 8.34. The van der Waals surface area contributed by atoms with Crippen molar-refractivity contribution < 1.29 is 4.74 Å². The second kappa shape index (κ2) is 7.12. The van der Waals surface area contributed by atoms with E-state index in [9.17, 15) is 0 Å². The number of ether oxygens (including phenoxy) is 1. The Bertz CT molecular complexity index is 736. The van der Waals surface area contributed by atoms with Crippen LogP contribution in [0.15, 0.2) is 30.3 Å². The van der Waals surface area contributed by atoms with Gasteiger partial charge in [-0.05, 0) is 37.2 Å². The molecule has 0 N–H and O–H groups in total. The van der Waals surface area contributed by atoms with Crippen LogP contribution in [0.3, 0.4) is 0 Å². The number of benzene rings is 1. The Kier molecular flexibility index (Phi) is 4.51. The monoisotopic (exact) mass is 352 g/mol. The van der Waals surface area contributed by atoms with E-state index < -0.39 is 0 Å². The average Bonchev–Trinajstić information content (AvgIpc) is 3.35. The summed E-state index contributed by atoms with van der Waals surface area (Å²) in [6.07, 6.45) is 7.79. The maximum absolute atomic E-state index is 6.15. The van der Waals surface area contributed by atoms with E-state index in [0.29, 0.717) is 19.3 Å². The summed E-state index contributed by atoms with van der Waals surface area (Å²) in [6, 6.07) is 11.4. The van der Waals surface area contributed by atoms with Crippen LogP contribution in [0, 0.1) is 5.92 Å². The maximum atomic E-state index is 6.15. The Morgan fingerprint density at radius 1 is 1.08 bits per heavy atom. The van der Waals surface area contributed by atoms with Crippen molar-refractivity contribution in [3.05, 3.63) is 47.3 Å². The molecule has 1 atom stereocenters. The van der Waals surface area contributed by atoms with Crippen molar-refractivity contribution in [3.8, 4) is 0 Å². The fourth-order valence-corrected chi connectivity index (χ4v) is 4.29. The first kappa shape index (κ1) is 16.5. The zero-order chi connectivity index (χ0) is 17.3. The summed E-state index contributed by atoms with van der Waals surface area (Å²) in [5, 5.41) is 9.14. The van der Waals surface area contributed by atoms with Gasteiger partial charge in [0.2, 0.25) is 0 Å². The predicted octanol–water partition coefficient (Wildman–Crippen LogP) is 3.36. The van der Waals surface area contributed by atoms with Gasteiger partial charge in [0.05, 0.1) is 24.9 Å². The van der Waals surface area contributed by atoms with Crippen molar-refractivity contribution in [2.24, 2.45) is 5.92 Å². The quantitative estimate of drug-likeness (QED) is 0.766. The van der Waals surface area contributed by atoms with E-state index in [-0.39, 0.29) is 6.04 Å². The van der Waals surface area contributed by atoms with Crippen LogP contribution in [-0.2, 0) is 24.3 Å². The van der Waals surface area contributed by atoms with Gasteiger partial charge in [-0.3, -0.25) is 4.90 Å². The molecule has 3 aliphatic rings. The Balaban J connectivity index is 1.32. The zero-order valence-corrected chi connectivity index (χ0v) is 15.4. The highest BCUT2D eigenvalue weighted by molar-refractivity contribution is 5.20. The number of aromatic nitrogens is 3. The highest BCUT2D eigenvalue weighted by Gasteiger charge is 2.38. The molecule has 5 nitrogen and oxygen atoms in total. The zero-order valence-electron chi connectivity index (χ0n) is 15.4. The molecule has 0 bridgehead atoms. The predicted molar refractivity (Wildman–Crippen MR) is 99.6 cm³/mol. The molecule has 1 aliphatic heterocycles. The largest absolute Gasteiger partial charge is 0.375 e. The van der Waals surface area contributed by atoms with Gasteiger partial charge in [-0.2, -0.15) is 0 Å². The minimum Gasteiger partial charge on any atom is -0.375 e. The van der Waals surface area contributed by atoms with E-state index in [4.69, 9.17) is 4.74 Å². The third-order valence-corrected chi connectivity index (χ3v) is 6.25. The van der Waals surface area contributed by atoms with Crippen molar-refractivity contribution >= 4 is 0 Å².